The summed E-state index contributed by atoms with van der Waals surface area (Å²) in [5, 5.41) is 11.8. The molecule has 36 heavy (non-hydrogen) atoms. The van der Waals surface area contributed by atoms with Crippen LogP contribution in [0.15, 0.2) is 48.5 Å². The summed E-state index contributed by atoms with van der Waals surface area (Å²) in [7, 11) is 1.49. The Morgan fingerprint density at radius 2 is 1.92 bits per heavy atom. The summed E-state index contributed by atoms with van der Waals surface area (Å²) in [4.78, 5) is 25.4. The minimum atomic E-state index is -4.47. The molecule has 1 atom stereocenters. The second kappa shape index (κ2) is 10.3. The number of rotatable bonds is 8. The number of aryl methyl sites for hydroxylation is 1. The predicted octanol–water partition coefficient (Wildman–Crippen LogP) is 5.27. The van der Waals surface area contributed by atoms with Gasteiger partial charge in [-0.3, -0.25) is 9.59 Å². The number of halogens is 3. The van der Waals surface area contributed by atoms with Gasteiger partial charge >= 0.3 is 12.1 Å². The molecule has 10 heteroatoms. The molecule has 0 saturated carbocycles. The maximum atomic E-state index is 13.7. The SMILES string of the molecule is CN[C@H](CC(=O)N1CCc2cc(OCc3cc(-c4ccccc4)c(C(F)(F)F)s3)cc(C)c21)C(=O)O. The van der Waals surface area contributed by atoms with Crippen LogP contribution in [-0.4, -0.2) is 36.6 Å². The number of likely N-dealkylation sites (N-methyl/N-ethyl adjacent to an activating group) is 1. The molecule has 1 amide bonds. The van der Waals surface area contributed by atoms with E-state index in [4.69, 9.17) is 4.74 Å². The predicted molar refractivity (Wildman–Crippen MR) is 131 cm³/mol. The molecule has 0 radical (unpaired) electrons. The second-order valence-electron chi connectivity index (χ2n) is 8.53. The largest absolute Gasteiger partial charge is 0.488 e. The van der Waals surface area contributed by atoms with Crippen molar-refractivity contribution < 1.29 is 32.6 Å². The molecule has 0 spiro atoms. The number of nitrogens with zero attached hydrogens (tertiary/aromatic N) is 1. The summed E-state index contributed by atoms with van der Waals surface area (Å²) in [6.07, 6.45) is -4.07. The van der Waals surface area contributed by atoms with Crippen LogP contribution >= 0.6 is 11.3 Å². The Morgan fingerprint density at radius 3 is 2.56 bits per heavy atom. The Kier molecular flexibility index (Phi) is 7.37. The molecule has 2 aromatic carbocycles. The molecule has 1 aliphatic rings. The second-order valence-corrected chi connectivity index (χ2v) is 9.67. The number of carboxylic acids is 1. The van der Waals surface area contributed by atoms with Gasteiger partial charge in [0.15, 0.2) is 0 Å². The van der Waals surface area contributed by atoms with E-state index >= 15 is 0 Å². The van der Waals surface area contributed by atoms with Crippen molar-refractivity contribution in [3.63, 3.8) is 0 Å². The number of ether oxygens (including phenoxy) is 1. The van der Waals surface area contributed by atoms with Crippen LogP contribution in [0.4, 0.5) is 18.9 Å². The number of hydrogen-bond donors (Lipinski definition) is 2. The van der Waals surface area contributed by atoms with Crippen molar-refractivity contribution in [3.05, 3.63) is 69.4 Å². The van der Waals surface area contributed by atoms with Gasteiger partial charge in [0.25, 0.3) is 0 Å². The number of thiophene rings is 1. The average Bonchev–Trinajstić information content (AvgIpc) is 3.46. The zero-order valence-electron chi connectivity index (χ0n) is 19.7. The summed E-state index contributed by atoms with van der Waals surface area (Å²) < 4.78 is 46.9. The summed E-state index contributed by atoms with van der Waals surface area (Å²) >= 11 is 0.668. The van der Waals surface area contributed by atoms with Gasteiger partial charge in [-0.25, -0.2) is 0 Å². The third kappa shape index (κ3) is 5.39. The lowest BCUT2D eigenvalue weighted by molar-refractivity contribution is -0.141. The number of hydrogen-bond acceptors (Lipinski definition) is 5. The Balaban J connectivity index is 1.52. The highest BCUT2D eigenvalue weighted by atomic mass is 32.1. The Hall–Kier alpha value is -3.37. The molecule has 0 aliphatic carbocycles. The Bertz CT molecular complexity index is 1270. The molecular formula is C26H25F3N2O4S. The van der Waals surface area contributed by atoms with Crippen LogP contribution in [0.1, 0.15) is 27.3 Å². The monoisotopic (exact) mass is 518 g/mol. The third-order valence-electron chi connectivity index (χ3n) is 6.06. The zero-order chi connectivity index (χ0) is 26.0. The molecule has 6 nitrogen and oxygen atoms in total. The fraction of sp³-hybridized carbons (Fsp3) is 0.308. The van der Waals surface area contributed by atoms with E-state index < -0.39 is 23.1 Å². The lowest BCUT2D eigenvalue weighted by atomic mass is 10.1. The maximum Gasteiger partial charge on any atom is 0.426 e. The molecule has 3 aromatic rings. The molecule has 4 rings (SSSR count). The number of carbonyl (C=O) groups is 2. The van der Waals surface area contributed by atoms with Gasteiger partial charge < -0.3 is 20.1 Å². The zero-order valence-corrected chi connectivity index (χ0v) is 20.5. The van der Waals surface area contributed by atoms with E-state index in [2.05, 4.69) is 5.32 Å². The topological polar surface area (TPSA) is 78.9 Å². The van der Waals surface area contributed by atoms with Gasteiger partial charge in [0.1, 0.15) is 23.3 Å². The van der Waals surface area contributed by atoms with Crippen molar-refractivity contribution in [1.29, 1.82) is 0 Å². The minimum absolute atomic E-state index is 0.0239. The van der Waals surface area contributed by atoms with Gasteiger partial charge in [-0.2, -0.15) is 13.2 Å². The van der Waals surface area contributed by atoms with Crippen LogP contribution in [0.25, 0.3) is 11.1 Å². The highest BCUT2D eigenvalue weighted by Gasteiger charge is 2.36. The molecular weight excluding hydrogens is 493 g/mol. The normalized spacial score (nSPS) is 14.0. The quantitative estimate of drug-likeness (QED) is 0.425. The first-order valence-corrected chi connectivity index (χ1v) is 12.1. The smallest absolute Gasteiger partial charge is 0.426 e. The first-order valence-electron chi connectivity index (χ1n) is 11.3. The summed E-state index contributed by atoms with van der Waals surface area (Å²) in [6.45, 7) is 2.23. The molecule has 0 fully saturated rings. The minimum Gasteiger partial charge on any atom is -0.488 e. The number of carbonyl (C=O) groups excluding carboxylic acids is 1. The highest BCUT2D eigenvalue weighted by molar-refractivity contribution is 7.12. The van der Waals surface area contributed by atoms with E-state index in [0.29, 0.717) is 40.5 Å². The number of alkyl halides is 3. The standard InChI is InChI=1S/C26H25F3N2O4S/c1-15-10-18(11-17-8-9-31(23(15)17)22(32)13-21(30-2)25(33)34)35-14-19-12-20(16-6-4-3-5-7-16)24(36-19)26(27,28)29/h3-7,10-12,21,30H,8-9,13-14H2,1-2H3,(H,33,34)/t21-/m1/s1. The lowest BCUT2D eigenvalue weighted by Gasteiger charge is -2.21. The first-order chi connectivity index (χ1) is 17.1. The molecule has 0 unspecified atom stereocenters. The van der Waals surface area contributed by atoms with Gasteiger partial charge in [0.05, 0.1) is 12.1 Å². The van der Waals surface area contributed by atoms with Crippen molar-refractivity contribution in [2.45, 2.75) is 38.6 Å². The molecule has 2 heterocycles. The summed E-state index contributed by atoms with van der Waals surface area (Å²) in [6, 6.07) is 12.5. The van der Waals surface area contributed by atoms with Crippen molar-refractivity contribution in [2.24, 2.45) is 0 Å². The molecule has 2 N–H and O–H groups in total. The first kappa shape index (κ1) is 25.7. The third-order valence-corrected chi connectivity index (χ3v) is 7.21. The number of fused-ring (bicyclic) bond motifs is 1. The van der Waals surface area contributed by atoms with Crippen molar-refractivity contribution >= 4 is 28.9 Å². The van der Waals surface area contributed by atoms with E-state index in [0.717, 1.165) is 16.8 Å². The highest BCUT2D eigenvalue weighted by Crippen LogP contribution is 2.43. The molecule has 0 saturated heterocycles. The number of anilines is 1. The van der Waals surface area contributed by atoms with Gasteiger partial charge in [0.2, 0.25) is 5.91 Å². The fourth-order valence-electron chi connectivity index (χ4n) is 4.38. The molecule has 0 bridgehead atoms. The molecule has 190 valence electrons. The van der Waals surface area contributed by atoms with Crippen LogP contribution in [0.5, 0.6) is 5.75 Å². The number of aliphatic carboxylic acids is 1. The summed E-state index contributed by atoms with van der Waals surface area (Å²) in [5.74, 6) is -0.884. The van der Waals surface area contributed by atoms with E-state index in [-0.39, 0.29) is 24.5 Å². The lowest BCUT2D eigenvalue weighted by Crippen LogP contribution is -2.40. The molecule has 1 aliphatic heterocycles. The van der Waals surface area contributed by atoms with Crippen LogP contribution < -0.4 is 15.0 Å². The Labute approximate surface area is 210 Å². The number of amides is 1. The summed E-state index contributed by atoms with van der Waals surface area (Å²) in [5.41, 5.74) is 3.01. The van der Waals surface area contributed by atoms with E-state index in [1.165, 1.54) is 13.1 Å². The Morgan fingerprint density at radius 1 is 1.19 bits per heavy atom. The van der Waals surface area contributed by atoms with E-state index in [9.17, 15) is 27.9 Å². The number of carboxylic acid groups (broad SMARTS) is 1. The average molecular weight is 519 g/mol. The van der Waals surface area contributed by atoms with E-state index in [1.54, 1.807) is 47.4 Å². The number of benzene rings is 2. The number of nitrogens with one attached hydrogen (secondary N) is 1. The van der Waals surface area contributed by atoms with Crippen molar-refractivity contribution in [3.8, 4) is 16.9 Å². The van der Waals surface area contributed by atoms with Gasteiger partial charge in [-0.05, 0) is 55.3 Å². The van der Waals surface area contributed by atoms with Gasteiger partial charge in [-0.1, -0.05) is 30.3 Å². The van der Waals surface area contributed by atoms with Crippen molar-refractivity contribution in [2.75, 3.05) is 18.5 Å². The van der Waals surface area contributed by atoms with Crippen molar-refractivity contribution in [1.82, 2.24) is 5.32 Å². The van der Waals surface area contributed by atoms with Crippen LogP contribution in [0.2, 0.25) is 0 Å². The van der Waals surface area contributed by atoms with Crippen LogP contribution in [0, 0.1) is 6.92 Å². The molecule has 1 aromatic heterocycles. The maximum absolute atomic E-state index is 13.7. The van der Waals surface area contributed by atoms with Gasteiger partial charge in [-0.15, -0.1) is 11.3 Å². The van der Waals surface area contributed by atoms with E-state index in [1.807, 2.05) is 6.92 Å². The van der Waals surface area contributed by atoms with Crippen LogP contribution in [0.3, 0.4) is 0 Å². The fourth-order valence-corrected chi connectivity index (χ4v) is 5.34. The van der Waals surface area contributed by atoms with Crippen LogP contribution in [-0.2, 0) is 28.8 Å². The van der Waals surface area contributed by atoms with Gasteiger partial charge in [0, 0.05) is 17.0 Å².